The Labute approximate surface area is 147 Å². The van der Waals surface area contributed by atoms with Gasteiger partial charge >= 0.3 is 0 Å². The first-order chi connectivity index (χ1) is 12.1. The standard InChI is InChI=1S/C19H24N2O4/c1-15-3-2-4-16(11-15)12-19(14-22)13-21(9-10-24-19)18(23)6-5-17-7-8-20-25-17/h2-4,7-8,11,22H,5-6,9-10,12-14H2,1H3. The topological polar surface area (TPSA) is 75.8 Å². The van der Waals surface area contributed by atoms with Crippen molar-refractivity contribution in [2.24, 2.45) is 0 Å². The van der Waals surface area contributed by atoms with E-state index in [0.717, 1.165) is 5.56 Å². The second-order valence-corrected chi connectivity index (χ2v) is 6.65. The fourth-order valence-electron chi connectivity index (χ4n) is 3.27. The highest BCUT2D eigenvalue weighted by Gasteiger charge is 2.38. The molecule has 0 bridgehead atoms. The molecule has 2 heterocycles. The number of aliphatic hydroxyl groups is 1. The maximum absolute atomic E-state index is 12.5. The molecule has 0 spiro atoms. The van der Waals surface area contributed by atoms with Gasteiger partial charge in [-0.25, -0.2) is 0 Å². The minimum Gasteiger partial charge on any atom is -0.393 e. The molecule has 1 amide bonds. The molecule has 1 aliphatic heterocycles. The van der Waals surface area contributed by atoms with Crippen LogP contribution in [0.3, 0.4) is 0 Å². The van der Waals surface area contributed by atoms with Gasteiger partial charge in [0.1, 0.15) is 11.4 Å². The number of aliphatic hydroxyl groups excluding tert-OH is 1. The van der Waals surface area contributed by atoms with Crippen LogP contribution in [0.25, 0.3) is 0 Å². The van der Waals surface area contributed by atoms with Crippen molar-refractivity contribution in [3.63, 3.8) is 0 Å². The molecule has 1 fully saturated rings. The van der Waals surface area contributed by atoms with Gasteiger partial charge < -0.3 is 19.3 Å². The molecular weight excluding hydrogens is 320 g/mol. The molecular formula is C19H24N2O4. The number of hydrogen-bond donors (Lipinski definition) is 1. The lowest BCUT2D eigenvalue weighted by molar-refractivity contribution is -0.158. The summed E-state index contributed by atoms with van der Waals surface area (Å²) in [6, 6.07) is 9.92. The number of ether oxygens (including phenoxy) is 1. The maximum Gasteiger partial charge on any atom is 0.223 e. The predicted octanol–water partition coefficient (Wildman–Crippen LogP) is 1.75. The summed E-state index contributed by atoms with van der Waals surface area (Å²) in [6.45, 7) is 3.29. The third kappa shape index (κ3) is 4.46. The van der Waals surface area contributed by atoms with E-state index in [0.29, 0.717) is 44.7 Å². The zero-order valence-corrected chi connectivity index (χ0v) is 14.5. The predicted molar refractivity (Wildman–Crippen MR) is 92.1 cm³/mol. The number of morpholine rings is 1. The number of benzene rings is 1. The first-order valence-corrected chi connectivity index (χ1v) is 8.58. The second-order valence-electron chi connectivity index (χ2n) is 6.65. The fraction of sp³-hybridized carbons (Fsp3) is 0.474. The maximum atomic E-state index is 12.5. The van der Waals surface area contributed by atoms with Gasteiger partial charge in [-0.15, -0.1) is 0 Å². The highest BCUT2D eigenvalue weighted by Crippen LogP contribution is 2.24. The van der Waals surface area contributed by atoms with Crippen LogP contribution in [0.4, 0.5) is 0 Å². The van der Waals surface area contributed by atoms with Crippen molar-refractivity contribution in [2.75, 3.05) is 26.3 Å². The second kappa shape index (κ2) is 7.80. The third-order valence-corrected chi connectivity index (χ3v) is 4.57. The molecule has 0 radical (unpaired) electrons. The van der Waals surface area contributed by atoms with Crippen LogP contribution >= 0.6 is 0 Å². The summed E-state index contributed by atoms with van der Waals surface area (Å²) in [5.74, 6) is 0.747. The largest absolute Gasteiger partial charge is 0.393 e. The summed E-state index contributed by atoms with van der Waals surface area (Å²) in [4.78, 5) is 14.3. The first-order valence-electron chi connectivity index (χ1n) is 8.58. The number of aryl methyl sites for hydroxylation is 2. The molecule has 3 rings (SSSR count). The van der Waals surface area contributed by atoms with Crippen molar-refractivity contribution in [1.29, 1.82) is 0 Å². The van der Waals surface area contributed by atoms with E-state index < -0.39 is 5.60 Å². The average Bonchev–Trinajstić information content (AvgIpc) is 3.13. The van der Waals surface area contributed by atoms with E-state index in [1.807, 2.05) is 25.1 Å². The van der Waals surface area contributed by atoms with Crippen LogP contribution in [0.2, 0.25) is 0 Å². The van der Waals surface area contributed by atoms with E-state index in [-0.39, 0.29) is 12.5 Å². The summed E-state index contributed by atoms with van der Waals surface area (Å²) in [7, 11) is 0. The Morgan fingerprint density at radius 2 is 2.28 bits per heavy atom. The van der Waals surface area contributed by atoms with Crippen molar-refractivity contribution in [1.82, 2.24) is 10.1 Å². The molecule has 1 aromatic heterocycles. The molecule has 6 nitrogen and oxygen atoms in total. The van der Waals surface area contributed by atoms with E-state index in [2.05, 4.69) is 11.2 Å². The molecule has 2 aromatic rings. The number of hydrogen-bond acceptors (Lipinski definition) is 5. The number of carbonyl (C=O) groups is 1. The molecule has 1 unspecified atom stereocenters. The van der Waals surface area contributed by atoms with E-state index in [1.165, 1.54) is 5.56 Å². The van der Waals surface area contributed by atoms with Crippen molar-refractivity contribution in [3.8, 4) is 0 Å². The van der Waals surface area contributed by atoms with Gasteiger partial charge in [-0.1, -0.05) is 35.0 Å². The van der Waals surface area contributed by atoms with Gasteiger partial charge in [0.2, 0.25) is 5.91 Å². The van der Waals surface area contributed by atoms with Gasteiger partial charge in [0.05, 0.1) is 26.0 Å². The van der Waals surface area contributed by atoms with E-state index in [4.69, 9.17) is 9.26 Å². The molecule has 1 N–H and O–H groups in total. The van der Waals surface area contributed by atoms with E-state index in [1.54, 1.807) is 17.2 Å². The van der Waals surface area contributed by atoms with Crippen LogP contribution in [0, 0.1) is 6.92 Å². The summed E-state index contributed by atoms with van der Waals surface area (Å²) in [5, 5.41) is 13.6. The number of amides is 1. The lowest BCUT2D eigenvalue weighted by atomic mass is 9.92. The molecule has 0 aliphatic carbocycles. The highest BCUT2D eigenvalue weighted by molar-refractivity contribution is 5.76. The molecule has 1 aliphatic rings. The van der Waals surface area contributed by atoms with E-state index in [9.17, 15) is 9.90 Å². The van der Waals surface area contributed by atoms with Gasteiger partial charge in [0.15, 0.2) is 0 Å². The summed E-state index contributed by atoms with van der Waals surface area (Å²) in [6.07, 6.45) is 3.05. The number of nitrogens with zero attached hydrogens (tertiary/aromatic N) is 2. The van der Waals surface area contributed by atoms with Gasteiger partial charge in [0.25, 0.3) is 0 Å². The lowest BCUT2D eigenvalue weighted by Crippen LogP contribution is -2.56. The Balaban J connectivity index is 1.64. The van der Waals surface area contributed by atoms with Crippen LogP contribution in [0.15, 0.2) is 41.1 Å². The van der Waals surface area contributed by atoms with Gasteiger partial charge in [-0.3, -0.25) is 4.79 Å². The quantitative estimate of drug-likeness (QED) is 0.864. The SMILES string of the molecule is Cc1cccc(CC2(CO)CN(C(=O)CCc3ccno3)CCO2)c1. The molecule has 6 heteroatoms. The fourth-order valence-corrected chi connectivity index (χ4v) is 3.27. The molecule has 1 atom stereocenters. The summed E-state index contributed by atoms with van der Waals surface area (Å²) in [5.41, 5.74) is 1.53. The minimum absolute atomic E-state index is 0.0433. The van der Waals surface area contributed by atoms with Gasteiger partial charge in [0, 0.05) is 31.9 Å². The van der Waals surface area contributed by atoms with Crippen LogP contribution in [-0.2, 0) is 22.4 Å². The van der Waals surface area contributed by atoms with Gasteiger partial charge in [-0.05, 0) is 12.5 Å². The van der Waals surface area contributed by atoms with Crippen molar-refractivity contribution < 1.29 is 19.2 Å². The van der Waals surface area contributed by atoms with Crippen molar-refractivity contribution in [3.05, 3.63) is 53.4 Å². The summed E-state index contributed by atoms with van der Waals surface area (Å²) >= 11 is 0. The van der Waals surface area contributed by atoms with Crippen LogP contribution in [0.1, 0.15) is 23.3 Å². The normalized spacial score (nSPS) is 20.6. The molecule has 0 saturated carbocycles. The number of carbonyl (C=O) groups excluding carboxylic acids is 1. The number of rotatable bonds is 6. The zero-order valence-electron chi connectivity index (χ0n) is 14.5. The van der Waals surface area contributed by atoms with Crippen LogP contribution < -0.4 is 0 Å². The minimum atomic E-state index is -0.742. The molecule has 134 valence electrons. The van der Waals surface area contributed by atoms with Crippen LogP contribution in [-0.4, -0.2) is 53.0 Å². The first kappa shape index (κ1) is 17.6. The Morgan fingerprint density at radius 1 is 1.40 bits per heavy atom. The molecule has 25 heavy (non-hydrogen) atoms. The molecule has 1 saturated heterocycles. The Morgan fingerprint density at radius 3 is 3.00 bits per heavy atom. The lowest BCUT2D eigenvalue weighted by Gasteiger charge is -2.42. The monoisotopic (exact) mass is 344 g/mol. The third-order valence-electron chi connectivity index (χ3n) is 4.57. The van der Waals surface area contributed by atoms with Crippen molar-refractivity contribution >= 4 is 5.91 Å². The Kier molecular flexibility index (Phi) is 5.50. The average molecular weight is 344 g/mol. The molecule has 1 aromatic carbocycles. The number of aromatic nitrogens is 1. The summed E-state index contributed by atoms with van der Waals surface area (Å²) < 4.78 is 11.0. The highest BCUT2D eigenvalue weighted by atomic mass is 16.5. The van der Waals surface area contributed by atoms with E-state index >= 15 is 0 Å². The Bertz CT molecular complexity index is 701. The van der Waals surface area contributed by atoms with Crippen molar-refractivity contribution in [2.45, 2.75) is 31.8 Å². The van der Waals surface area contributed by atoms with Crippen LogP contribution in [0.5, 0.6) is 0 Å². The Hall–Kier alpha value is -2.18. The van der Waals surface area contributed by atoms with Gasteiger partial charge in [-0.2, -0.15) is 0 Å². The smallest absolute Gasteiger partial charge is 0.223 e. The zero-order chi connectivity index (χ0) is 17.7.